The number of benzene rings is 3. The summed E-state index contributed by atoms with van der Waals surface area (Å²) in [5.74, 6) is 1.15. The van der Waals surface area contributed by atoms with Gasteiger partial charge in [0.05, 0.1) is 0 Å². The SMILES string of the molecule is Cc1c(C(C)C)cc(C(C)c2ccccc2)c(O)c1C(C)c1ccccc1. The minimum atomic E-state index is 0.144. The van der Waals surface area contributed by atoms with Crippen LogP contribution in [0.4, 0.5) is 0 Å². The molecule has 27 heavy (non-hydrogen) atoms. The molecule has 3 aromatic rings. The molecule has 140 valence electrons. The molecule has 2 atom stereocenters. The average Bonchev–Trinajstić information content (AvgIpc) is 2.68. The van der Waals surface area contributed by atoms with Gasteiger partial charge in [-0.15, -0.1) is 0 Å². The molecule has 0 aliphatic carbocycles. The predicted octanol–water partition coefficient (Wildman–Crippen LogP) is 7.13. The van der Waals surface area contributed by atoms with Crippen molar-refractivity contribution in [3.05, 3.63) is 100 Å². The molecular formula is C26H30O. The van der Waals surface area contributed by atoms with Gasteiger partial charge in [0.2, 0.25) is 0 Å². The zero-order valence-corrected chi connectivity index (χ0v) is 17.0. The quantitative estimate of drug-likeness (QED) is 0.514. The Bertz CT molecular complexity index is 894. The maximum absolute atomic E-state index is 11.3. The summed E-state index contributed by atoms with van der Waals surface area (Å²) in [4.78, 5) is 0. The van der Waals surface area contributed by atoms with Crippen LogP contribution in [0.1, 0.15) is 78.8 Å². The third kappa shape index (κ3) is 3.78. The minimum Gasteiger partial charge on any atom is -0.507 e. The Balaban J connectivity index is 2.19. The summed E-state index contributed by atoms with van der Waals surface area (Å²) in [5.41, 5.74) is 7.07. The lowest BCUT2D eigenvalue weighted by Gasteiger charge is -2.26. The van der Waals surface area contributed by atoms with Gasteiger partial charge in [0.1, 0.15) is 5.75 Å². The van der Waals surface area contributed by atoms with E-state index in [0.29, 0.717) is 11.7 Å². The van der Waals surface area contributed by atoms with E-state index in [0.717, 1.165) is 11.1 Å². The van der Waals surface area contributed by atoms with Crippen molar-refractivity contribution < 1.29 is 5.11 Å². The van der Waals surface area contributed by atoms with Gasteiger partial charge in [-0.2, -0.15) is 0 Å². The lowest BCUT2D eigenvalue weighted by molar-refractivity contribution is 0.455. The number of hydrogen-bond acceptors (Lipinski definition) is 1. The van der Waals surface area contributed by atoms with E-state index in [-0.39, 0.29) is 11.8 Å². The first-order chi connectivity index (χ1) is 12.9. The Labute approximate surface area is 163 Å². The summed E-state index contributed by atoms with van der Waals surface area (Å²) in [6.07, 6.45) is 0. The molecule has 0 bridgehead atoms. The standard InChI is InChI=1S/C26H30O/c1-17(2)23-16-24(18(3)21-12-8-6-9-13-21)26(27)25(20(23)5)19(4)22-14-10-7-11-15-22/h6-19,27H,1-5H3. The predicted molar refractivity (Wildman–Crippen MR) is 115 cm³/mol. The van der Waals surface area contributed by atoms with Gasteiger partial charge in [-0.1, -0.05) is 94.4 Å². The summed E-state index contributed by atoms with van der Waals surface area (Å²) in [6, 6.07) is 23.1. The van der Waals surface area contributed by atoms with Crippen molar-refractivity contribution in [2.24, 2.45) is 0 Å². The van der Waals surface area contributed by atoms with Gasteiger partial charge < -0.3 is 5.11 Å². The molecule has 0 aromatic heterocycles. The Kier molecular flexibility index (Phi) is 5.70. The van der Waals surface area contributed by atoms with Crippen LogP contribution in [0.5, 0.6) is 5.75 Å². The molecule has 0 fully saturated rings. The first-order valence-corrected chi connectivity index (χ1v) is 9.88. The van der Waals surface area contributed by atoms with Gasteiger partial charge in [0.25, 0.3) is 0 Å². The molecule has 1 heteroatoms. The van der Waals surface area contributed by atoms with E-state index < -0.39 is 0 Å². The van der Waals surface area contributed by atoms with Gasteiger partial charge in [-0.05, 0) is 35.1 Å². The molecule has 2 unspecified atom stereocenters. The monoisotopic (exact) mass is 358 g/mol. The van der Waals surface area contributed by atoms with E-state index in [1.807, 2.05) is 12.1 Å². The summed E-state index contributed by atoms with van der Waals surface area (Å²) >= 11 is 0. The van der Waals surface area contributed by atoms with Gasteiger partial charge in [-0.3, -0.25) is 0 Å². The molecule has 3 rings (SSSR count). The molecule has 0 heterocycles. The van der Waals surface area contributed by atoms with Crippen LogP contribution in [0.3, 0.4) is 0 Å². The molecule has 0 saturated carbocycles. The van der Waals surface area contributed by atoms with E-state index in [1.165, 1.54) is 22.3 Å². The maximum atomic E-state index is 11.3. The van der Waals surface area contributed by atoms with E-state index >= 15 is 0 Å². The van der Waals surface area contributed by atoms with E-state index in [4.69, 9.17) is 0 Å². The first-order valence-electron chi connectivity index (χ1n) is 9.88. The molecule has 0 radical (unpaired) electrons. The molecule has 0 aliphatic rings. The third-order valence-corrected chi connectivity index (χ3v) is 5.80. The highest BCUT2D eigenvalue weighted by Crippen LogP contribution is 2.43. The second-order valence-electron chi connectivity index (χ2n) is 7.86. The summed E-state index contributed by atoms with van der Waals surface area (Å²) < 4.78 is 0. The van der Waals surface area contributed by atoms with Crippen molar-refractivity contribution in [1.82, 2.24) is 0 Å². The average molecular weight is 359 g/mol. The zero-order chi connectivity index (χ0) is 19.6. The van der Waals surface area contributed by atoms with E-state index in [9.17, 15) is 5.11 Å². The van der Waals surface area contributed by atoms with Crippen LogP contribution < -0.4 is 0 Å². The third-order valence-electron chi connectivity index (χ3n) is 5.80. The molecule has 1 N–H and O–H groups in total. The molecule has 1 nitrogen and oxygen atoms in total. The fourth-order valence-corrected chi connectivity index (χ4v) is 4.12. The number of rotatable bonds is 5. The molecule has 0 spiro atoms. The number of aromatic hydroxyl groups is 1. The topological polar surface area (TPSA) is 20.2 Å². The van der Waals surface area contributed by atoms with Gasteiger partial charge in [-0.25, -0.2) is 0 Å². The number of phenols is 1. The normalized spacial score (nSPS) is 13.6. The van der Waals surface area contributed by atoms with Crippen LogP contribution in [0.25, 0.3) is 0 Å². The summed E-state index contributed by atoms with van der Waals surface area (Å²) in [5, 5.41) is 11.3. The van der Waals surface area contributed by atoms with Crippen LogP contribution in [-0.4, -0.2) is 5.11 Å². The molecule has 0 amide bonds. The van der Waals surface area contributed by atoms with Crippen LogP contribution >= 0.6 is 0 Å². The first kappa shape index (κ1) is 19.2. The van der Waals surface area contributed by atoms with E-state index in [1.54, 1.807) is 0 Å². The lowest BCUT2D eigenvalue weighted by atomic mass is 9.80. The van der Waals surface area contributed by atoms with Crippen LogP contribution in [0.2, 0.25) is 0 Å². The Hall–Kier alpha value is -2.54. The Morgan fingerprint density at radius 1 is 0.667 bits per heavy atom. The molecule has 0 aliphatic heterocycles. The van der Waals surface area contributed by atoms with Crippen LogP contribution in [0.15, 0.2) is 66.7 Å². The fourth-order valence-electron chi connectivity index (χ4n) is 4.12. The lowest BCUT2D eigenvalue weighted by Crippen LogP contribution is -2.08. The number of phenolic OH excluding ortho intramolecular Hbond substituents is 1. The van der Waals surface area contributed by atoms with Gasteiger partial charge >= 0.3 is 0 Å². The van der Waals surface area contributed by atoms with Crippen molar-refractivity contribution in [3.63, 3.8) is 0 Å². The highest BCUT2D eigenvalue weighted by atomic mass is 16.3. The molecule has 3 aromatic carbocycles. The maximum Gasteiger partial charge on any atom is 0.123 e. The Morgan fingerprint density at radius 2 is 1.15 bits per heavy atom. The fraction of sp³-hybridized carbons (Fsp3) is 0.308. The summed E-state index contributed by atoms with van der Waals surface area (Å²) in [7, 11) is 0. The zero-order valence-electron chi connectivity index (χ0n) is 17.0. The van der Waals surface area contributed by atoms with Crippen molar-refractivity contribution in [2.45, 2.75) is 52.4 Å². The molecule has 0 saturated heterocycles. The second-order valence-corrected chi connectivity index (χ2v) is 7.86. The van der Waals surface area contributed by atoms with E-state index in [2.05, 4.69) is 89.2 Å². The van der Waals surface area contributed by atoms with Crippen LogP contribution in [0, 0.1) is 6.92 Å². The van der Waals surface area contributed by atoms with Crippen molar-refractivity contribution >= 4 is 0 Å². The van der Waals surface area contributed by atoms with Crippen molar-refractivity contribution in [3.8, 4) is 5.75 Å². The molecular weight excluding hydrogens is 328 g/mol. The Morgan fingerprint density at radius 3 is 1.63 bits per heavy atom. The second kappa shape index (κ2) is 8.00. The highest BCUT2D eigenvalue weighted by molar-refractivity contribution is 5.56. The van der Waals surface area contributed by atoms with Crippen LogP contribution in [-0.2, 0) is 0 Å². The highest BCUT2D eigenvalue weighted by Gasteiger charge is 2.24. The smallest absolute Gasteiger partial charge is 0.123 e. The summed E-state index contributed by atoms with van der Waals surface area (Å²) in [6.45, 7) is 11.0. The van der Waals surface area contributed by atoms with Crippen molar-refractivity contribution in [2.75, 3.05) is 0 Å². The van der Waals surface area contributed by atoms with Gasteiger partial charge in [0, 0.05) is 23.0 Å². The largest absolute Gasteiger partial charge is 0.507 e. The number of hydrogen-bond donors (Lipinski definition) is 1. The van der Waals surface area contributed by atoms with Crippen molar-refractivity contribution in [1.29, 1.82) is 0 Å². The minimum absolute atomic E-state index is 0.144. The van der Waals surface area contributed by atoms with Gasteiger partial charge in [0.15, 0.2) is 0 Å².